The number of hydrogen-bond donors (Lipinski definition) is 0. The quantitative estimate of drug-likeness (QED) is 0.403. The molecule has 0 aliphatic heterocycles. The SMILES string of the molecule is CCCCCCCCCCn1nc(CC)c(C=O)c1CC. The van der Waals surface area contributed by atoms with Gasteiger partial charge in [-0.25, -0.2) is 0 Å². The summed E-state index contributed by atoms with van der Waals surface area (Å²) in [7, 11) is 0. The van der Waals surface area contributed by atoms with E-state index < -0.39 is 0 Å². The molecule has 1 aromatic rings. The lowest BCUT2D eigenvalue weighted by Crippen LogP contribution is -2.05. The number of nitrogens with zero attached hydrogens (tertiary/aromatic N) is 2. The predicted octanol–water partition coefficient (Wildman–Crippen LogP) is 4.96. The molecule has 0 spiro atoms. The van der Waals surface area contributed by atoms with E-state index in [2.05, 4.69) is 30.6 Å². The van der Waals surface area contributed by atoms with E-state index in [0.717, 1.165) is 42.6 Å². The minimum atomic E-state index is 0.833. The highest BCUT2D eigenvalue weighted by Crippen LogP contribution is 2.16. The molecule has 0 aromatic carbocycles. The first-order valence-electron chi connectivity index (χ1n) is 8.82. The van der Waals surface area contributed by atoms with Crippen molar-refractivity contribution in [3.63, 3.8) is 0 Å². The highest BCUT2D eigenvalue weighted by molar-refractivity contribution is 5.78. The number of unbranched alkanes of at least 4 members (excludes halogenated alkanes) is 7. The molecular formula is C18H32N2O. The van der Waals surface area contributed by atoms with Crippen molar-refractivity contribution < 1.29 is 4.79 Å². The van der Waals surface area contributed by atoms with Gasteiger partial charge in [0.05, 0.1) is 11.3 Å². The highest BCUT2D eigenvalue weighted by Gasteiger charge is 2.14. The second-order valence-electron chi connectivity index (χ2n) is 5.83. The van der Waals surface area contributed by atoms with Crippen LogP contribution in [0.25, 0.3) is 0 Å². The van der Waals surface area contributed by atoms with Crippen LogP contribution < -0.4 is 0 Å². The third-order valence-corrected chi connectivity index (χ3v) is 4.19. The van der Waals surface area contributed by atoms with Crippen LogP contribution in [0.4, 0.5) is 0 Å². The van der Waals surface area contributed by atoms with Gasteiger partial charge < -0.3 is 0 Å². The third-order valence-electron chi connectivity index (χ3n) is 4.19. The zero-order chi connectivity index (χ0) is 15.5. The van der Waals surface area contributed by atoms with Crippen LogP contribution in [-0.4, -0.2) is 16.1 Å². The van der Waals surface area contributed by atoms with Crippen molar-refractivity contribution in [3.8, 4) is 0 Å². The Morgan fingerprint density at radius 2 is 1.52 bits per heavy atom. The van der Waals surface area contributed by atoms with Gasteiger partial charge >= 0.3 is 0 Å². The fourth-order valence-electron chi connectivity index (χ4n) is 2.92. The lowest BCUT2D eigenvalue weighted by molar-refractivity contribution is 0.112. The molecule has 3 heteroatoms. The first kappa shape index (κ1) is 17.9. The summed E-state index contributed by atoms with van der Waals surface area (Å²) >= 11 is 0. The topological polar surface area (TPSA) is 34.9 Å². The Morgan fingerprint density at radius 3 is 2.05 bits per heavy atom. The summed E-state index contributed by atoms with van der Waals surface area (Å²) in [6.07, 6.45) is 13.3. The molecule has 0 saturated heterocycles. The van der Waals surface area contributed by atoms with Gasteiger partial charge in [0, 0.05) is 12.2 Å². The Morgan fingerprint density at radius 1 is 0.905 bits per heavy atom. The molecule has 0 amide bonds. The maximum atomic E-state index is 11.2. The van der Waals surface area contributed by atoms with Crippen LogP contribution in [0, 0.1) is 0 Å². The van der Waals surface area contributed by atoms with Gasteiger partial charge in [-0.2, -0.15) is 5.10 Å². The minimum absolute atomic E-state index is 0.833. The van der Waals surface area contributed by atoms with E-state index in [9.17, 15) is 4.79 Å². The zero-order valence-corrected chi connectivity index (χ0v) is 14.2. The van der Waals surface area contributed by atoms with Crippen LogP contribution in [0.1, 0.15) is 93.9 Å². The Labute approximate surface area is 130 Å². The standard InChI is InChI=1S/C18H32N2O/c1-4-7-8-9-10-11-12-13-14-20-18(6-3)16(15-21)17(5-2)19-20/h15H,4-14H2,1-3H3. The molecule has 0 atom stereocenters. The minimum Gasteiger partial charge on any atom is -0.298 e. The summed E-state index contributed by atoms with van der Waals surface area (Å²) in [5.74, 6) is 0. The zero-order valence-electron chi connectivity index (χ0n) is 14.2. The van der Waals surface area contributed by atoms with E-state index >= 15 is 0 Å². The van der Waals surface area contributed by atoms with Crippen molar-refractivity contribution in [2.45, 2.75) is 91.5 Å². The average Bonchev–Trinajstić information content (AvgIpc) is 2.86. The Kier molecular flexibility index (Phi) is 9.04. The van der Waals surface area contributed by atoms with Gasteiger partial charge in [0.2, 0.25) is 0 Å². The van der Waals surface area contributed by atoms with Crippen LogP contribution in [0.15, 0.2) is 0 Å². The summed E-state index contributed by atoms with van der Waals surface area (Å²) in [6, 6.07) is 0. The largest absolute Gasteiger partial charge is 0.298 e. The van der Waals surface area contributed by atoms with Crippen LogP contribution in [0.3, 0.4) is 0 Å². The molecule has 3 nitrogen and oxygen atoms in total. The molecule has 0 fully saturated rings. The van der Waals surface area contributed by atoms with E-state index in [1.54, 1.807) is 0 Å². The van der Waals surface area contributed by atoms with Gasteiger partial charge in [-0.3, -0.25) is 9.48 Å². The van der Waals surface area contributed by atoms with E-state index in [4.69, 9.17) is 0 Å². The van der Waals surface area contributed by atoms with Crippen molar-refractivity contribution in [1.82, 2.24) is 9.78 Å². The summed E-state index contributed by atoms with van der Waals surface area (Å²) in [6.45, 7) is 7.38. The first-order valence-corrected chi connectivity index (χ1v) is 8.82. The summed E-state index contributed by atoms with van der Waals surface area (Å²) in [5, 5.41) is 4.61. The van der Waals surface area contributed by atoms with Gasteiger partial charge in [0.1, 0.15) is 0 Å². The second kappa shape index (κ2) is 10.6. The van der Waals surface area contributed by atoms with Gasteiger partial charge in [0.25, 0.3) is 0 Å². The lowest BCUT2D eigenvalue weighted by atomic mass is 10.1. The molecule has 0 N–H and O–H groups in total. The summed E-state index contributed by atoms with van der Waals surface area (Å²) < 4.78 is 2.07. The molecule has 1 heterocycles. The number of carbonyl (C=O) groups is 1. The molecule has 0 aliphatic carbocycles. The molecule has 0 unspecified atom stereocenters. The maximum absolute atomic E-state index is 11.2. The molecule has 0 radical (unpaired) electrons. The molecule has 1 rings (SSSR count). The molecule has 0 saturated carbocycles. The van der Waals surface area contributed by atoms with Crippen LogP contribution >= 0.6 is 0 Å². The number of aldehydes is 1. The van der Waals surface area contributed by atoms with Crippen molar-refractivity contribution in [2.24, 2.45) is 0 Å². The van der Waals surface area contributed by atoms with Crippen molar-refractivity contribution in [2.75, 3.05) is 0 Å². The fourth-order valence-corrected chi connectivity index (χ4v) is 2.92. The van der Waals surface area contributed by atoms with Crippen molar-refractivity contribution in [3.05, 3.63) is 17.0 Å². The van der Waals surface area contributed by atoms with E-state index in [0.29, 0.717) is 0 Å². The van der Waals surface area contributed by atoms with Gasteiger partial charge in [-0.1, -0.05) is 65.7 Å². The summed E-state index contributed by atoms with van der Waals surface area (Å²) in [4.78, 5) is 11.2. The van der Waals surface area contributed by atoms with E-state index in [-0.39, 0.29) is 0 Å². The number of aryl methyl sites for hydroxylation is 2. The number of aromatic nitrogens is 2. The average molecular weight is 292 g/mol. The van der Waals surface area contributed by atoms with Gasteiger partial charge in [0.15, 0.2) is 6.29 Å². The van der Waals surface area contributed by atoms with E-state index in [1.165, 1.54) is 51.4 Å². The normalized spacial score (nSPS) is 11.0. The van der Waals surface area contributed by atoms with Crippen LogP contribution in [0.2, 0.25) is 0 Å². The Hall–Kier alpha value is -1.12. The van der Waals surface area contributed by atoms with E-state index in [1.807, 2.05) is 0 Å². The third kappa shape index (κ3) is 5.64. The molecule has 21 heavy (non-hydrogen) atoms. The molecular weight excluding hydrogens is 260 g/mol. The van der Waals surface area contributed by atoms with Crippen molar-refractivity contribution >= 4 is 6.29 Å². The fraction of sp³-hybridized carbons (Fsp3) is 0.778. The molecule has 120 valence electrons. The molecule has 1 aromatic heterocycles. The monoisotopic (exact) mass is 292 g/mol. The molecule has 0 aliphatic rings. The van der Waals surface area contributed by atoms with Crippen molar-refractivity contribution in [1.29, 1.82) is 0 Å². The summed E-state index contributed by atoms with van der Waals surface area (Å²) in [5.41, 5.74) is 2.91. The highest BCUT2D eigenvalue weighted by atomic mass is 16.1. The first-order chi connectivity index (χ1) is 10.3. The van der Waals surface area contributed by atoms with Gasteiger partial charge in [-0.05, 0) is 19.3 Å². The van der Waals surface area contributed by atoms with Crippen LogP contribution in [0.5, 0.6) is 0 Å². The van der Waals surface area contributed by atoms with Gasteiger partial charge in [-0.15, -0.1) is 0 Å². The lowest BCUT2D eigenvalue weighted by Gasteiger charge is -2.06. The number of carbonyl (C=O) groups excluding carboxylic acids is 1. The second-order valence-corrected chi connectivity index (χ2v) is 5.83. The Bertz CT molecular complexity index is 410. The molecule has 0 bridgehead atoms. The number of hydrogen-bond acceptors (Lipinski definition) is 2. The number of rotatable bonds is 12. The Balaban J connectivity index is 2.35. The maximum Gasteiger partial charge on any atom is 0.153 e. The predicted molar refractivity (Wildman–Crippen MR) is 89.0 cm³/mol. The smallest absolute Gasteiger partial charge is 0.153 e. The van der Waals surface area contributed by atoms with Crippen LogP contribution in [-0.2, 0) is 19.4 Å².